The fraction of sp³-hybridized carbons (Fsp3) is 0.947. The van der Waals surface area contributed by atoms with Crippen molar-refractivity contribution in [3.63, 3.8) is 0 Å². The number of aliphatic hydroxyl groups is 4. The normalized spacial score (nSPS) is 13.8. The number of unbranched alkanes of at least 4 members (excludes halogenated alkanes) is 42. The summed E-state index contributed by atoms with van der Waals surface area (Å²) in [7, 11) is 0. The summed E-state index contributed by atoms with van der Waals surface area (Å²) in [5.74, 6) is -0.587. The van der Waals surface area contributed by atoms with Crippen LogP contribution in [0.4, 0.5) is 0 Å². The molecular weight excluding hydrogens is 779 g/mol. The van der Waals surface area contributed by atoms with Crippen LogP contribution in [0.2, 0.25) is 0 Å². The van der Waals surface area contributed by atoms with Gasteiger partial charge in [0.2, 0.25) is 5.91 Å². The first-order valence-corrected chi connectivity index (χ1v) is 28.6. The van der Waals surface area contributed by atoms with Gasteiger partial charge in [-0.15, -0.1) is 0 Å². The van der Waals surface area contributed by atoms with E-state index in [1.165, 1.54) is 250 Å². The topological polar surface area (TPSA) is 110 Å². The van der Waals surface area contributed by atoms with Gasteiger partial charge in [0.25, 0.3) is 0 Å². The smallest absolute Gasteiger partial charge is 0.249 e. The fourth-order valence-electron chi connectivity index (χ4n) is 9.23. The van der Waals surface area contributed by atoms with Crippen molar-refractivity contribution < 1.29 is 25.2 Å². The monoisotopic (exact) mass is 892 g/mol. The zero-order valence-corrected chi connectivity index (χ0v) is 42.6. The van der Waals surface area contributed by atoms with Crippen molar-refractivity contribution >= 4 is 5.91 Å². The van der Waals surface area contributed by atoms with Crippen LogP contribution in [-0.4, -0.2) is 57.3 Å². The van der Waals surface area contributed by atoms with Crippen molar-refractivity contribution in [3.05, 3.63) is 12.2 Å². The van der Waals surface area contributed by atoms with Gasteiger partial charge in [-0.3, -0.25) is 4.79 Å². The number of carbonyl (C=O) groups is 1. The molecule has 1 amide bonds. The van der Waals surface area contributed by atoms with Gasteiger partial charge in [0, 0.05) is 0 Å². The molecule has 0 aliphatic carbocycles. The van der Waals surface area contributed by atoms with Gasteiger partial charge in [0.15, 0.2) is 0 Å². The Morgan fingerprint density at radius 1 is 0.381 bits per heavy atom. The number of hydrogen-bond donors (Lipinski definition) is 5. The molecule has 0 radical (unpaired) electrons. The maximum atomic E-state index is 12.6. The van der Waals surface area contributed by atoms with Gasteiger partial charge in [-0.1, -0.05) is 289 Å². The lowest BCUT2D eigenvalue weighted by Crippen LogP contribution is -2.53. The number of rotatable bonds is 53. The fourth-order valence-corrected chi connectivity index (χ4v) is 9.23. The highest BCUT2D eigenvalue weighted by Gasteiger charge is 2.28. The average Bonchev–Trinajstić information content (AvgIpc) is 3.29. The van der Waals surface area contributed by atoms with Crippen LogP contribution >= 0.6 is 0 Å². The minimum Gasteiger partial charge on any atom is -0.394 e. The average molecular weight is 893 g/mol. The molecule has 376 valence electrons. The van der Waals surface area contributed by atoms with Crippen LogP contribution in [0.15, 0.2) is 12.2 Å². The molecule has 6 heteroatoms. The molecule has 0 aromatic carbocycles. The highest BCUT2D eigenvalue weighted by molar-refractivity contribution is 5.80. The molecule has 0 rings (SSSR count). The maximum absolute atomic E-state index is 12.6. The molecule has 4 unspecified atom stereocenters. The third kappa shape index (κ3) is 46.0. The number of hydrogen-bond acceptors (Lipinski definition) is 5. The molecule has 6 nitrogen and oxygen atoms in total. The Balaban J connectivity index is 3.60. The van der Waals surface area contributed by atoms with Crippen LogP contribution in [0, 0.1) is 0 Å². The predicted octanol–water partition coefficient (Wildman–Crippen LogP) is 16.5. The molecule has 63 heavy (non-hydrogen) atoms. The van der Waals surface area contributed by atoms with E-state index >= 15 is 0 Å². The lowest BCUT2D eigenvalue weighted by molar-refractivity contribution is -0.132. The third-order valence-corrected chi connectivity index (χ3v) is 13.7. The summed E-state index contributed by atoms with van der Waals surface area (Å²) in [6, 6.07) is -0.998. The van der Waals surface area contributed by atoms with E-state index in [9.17, 15) is 25.2 Å². The maximum Gasteiger partial charge on any atom is 0.249 e. The number of amides is 1. The zero-order chi connectivity index (χ0) is 45.9. The summed E-state index contributed by atoms with van der Waals surface area (Å²) in [5.41, 5.74) is 0. The molecule has 0 bridgehead atoms. The summed E-state index contributed by atoms with van der Waals surface area (Å²) >= 11 is 0. The van der Waals surface area contributed by atoms with Crippen LogP contribution in [-0.2, 0) is 4.79 Å². The van der Waals surface area contributed by atoms with Crippen LogP contribution in [0.25, 0.3) is 0 Å². The summed E-state index contributed by atoms with van der Waals surface area (Å²) in [6.07, 6.45) is 61.5. The van der Waals surface area contributed by atoms with E-state index < -0.39 is 36.9 Å². The molecule has 0 saturated carbocycles. The quantitative estimate of drug-likeness (QED) is 0.0309. The Labute approximate surface area is 393 Å². The molecule has 4 atom stereocenters. The zero-order valence-electron chi connectivity index (χ0n) is 42.6. The highest BCUT2D eigenvalue weighted by Crippen LogP contribution is 2.18. The van der Waals surface area contributed by atoms with Gasteiger partial charge in [0.1, 0.15) is 12.2 Å². The second kappa shape index (κ2) is 52.0. The predicted molar refractivity (Wildman–Crippen MR) is 275 cm³/mol. The molecule has 0 aliphatic rings. The van der Waals surface area contributed by atoms with E-state index in [1.807, 2.05) is 0 Å². The van der Waals surface area contributed by atoms with Crippen molar-refractivity contribution in [2.24, 2.45) is 0 Å². The van der Waals surface area contributed by atoms with Crippen molar-refractivity contribution in [2.45, 2.75) is 340 Å². The summed E-state index contributed by atoms with van der Waals surface area (Å²) in [5, 5.41) is 43.9. The van der Waals surface area contributed by atoms with Crippen LogP contribution in [0.3, 0.4) is 0 Å². The van der Waals surface area contributed by atoms with E-state index in [0.29, 0.717) is 12.8 Å². The highest BCUT2D eigenvalue weighted by atomic mass is 16.3. The van der Waals surface area contributed by atoms with E-state index in [1.54, 1.807) is 0 Å². The molecule has 0 heterocycles. The van der Waals surface area contributed by atoms with Crippen LogP contribution in [0.1, 0.15) is 316 Å². The largest absolute Gasteiger partial charge is 0.394 e. The van der Waals surface area contributed by atoms with Gasteiger partial charge in [0.05, 0.1) is 18.8 Å². The summed E-state index contributed by atoms with van der Waals surface area (Å²) < 4.78 is 0. The number of allylic oxidation sites excluding steroid dienone is 2. The number of nitrogens with one attached hydrogen (secondary N) is 1. The van der Waals surface area contributed by atoms with Crippen molar-refractivity contribution in [1.29, 1.82) is 0 Å². The molecular formula is C57H113NO5. The lowest BCUT2D eigenvalue weighted by atomic mass is 10.00. The molecule has 0 spiro atoms. The van der Waals surface area contributed by atoms with Gasteiger partial charge in [-0.05, 0) is 38.5 Å². The van der Waals surface area contributed by atoms with E-state index in [4.69, 9.17) is 0 Å². The first-order chi connectivity index (χ1) is 31.0. The number of aliphatic hydroxyl groups excluding tert-OH is 4. The molecule has 0 aromatic rings. The van der Waals surface area contributed by atoms with Gasteiger partial charge < -0.3 is 25.7 Å². The van der Waals surface area contributed by atoms with Crippen LogP contribution in [0.5, 0.6) is 0 Å². The molecule has 0 aromatic heterocycles. The van der Waals surface area contributed by atoms with E-state index in [2.05, 4.69) is 31.3 Å². The lowest BCUT2D eigenvalue weighted by Gasteiger charge is -2.27. The second-order valence-corrected chi connectivity index (χ2v) is 20.0. The molecule has 5 N–H and O–H groups in total. The van der Waals surface area contributed by atoms with E-state index in [-0.39, 0.29) is 0 Å². The summed E-state index contributed by atoms with van der Waals surface area (Å²) in [6.45, 7) is 4.08. The number of carbonyl (C=O) groups excluding carboxylic acids is 1. The van der Waals surface area contributed by atoms with Crippen molar-refractivity contribution in [3.8, 4) is 0 Å². The molecule has 0 saturated heterocycles. The first kappa shape index (κ1) is 62.1. The minimum absolute atomic E-state index is 0.368. The Bertz CT molecular complexity index is 913. The molecule has 0 fully saturated rings. The second-order valence-electron chi connectivity index (χ2n) is 20.0. The SMILES string of the molecule is CCCCCCCCCCCCCCCCCCCCCCCCCC/C=C/CCCC(O)C(O)C(CO)NC(=O)C(O)CCCCCCCCCCCCCCCCCCCC. The molecule has 0 aliphatic heterocycles. The Hall–Kier alpha value is -0.950. The standard InChI is InChI=1S/C57H113NO5/c1-3-5-7-9-11-13-15-17-19-21-23-24-25-26-27-28-29-30-31-32-33-35-36-38-40-42-44-46-48-50-54(60)56(62)53(52-59)58-57(63)55(61)51-49-47-45-43-41-39-37-34-22-20-18-16-14-12-10-8-6-4-2/h42,44,53-56,59-62H,3-41,43,45-52H2,1-2H3,(H,58,63)/b44-42+. The Morgan fingerprint density at radius 3 is 0.952 bits per heavy atom. The van der Waals surface area contributed by atoms with Crippen molar-refractivity contribution in [1.82, 2.24) is 5.32 Å². The first-order valence-electron chi connectivity index (χ1n) is 28.6. The van der Waals surface area contributed by atoms with Gasteiger partial charge in [-0.2, -0.15) is 0 Å². The minimum atomic E-state index is -1.28. The Kier molecular flexibility index (Phi) is 51.2. The van der Waals surface area contributed by atoms with E-state index in [0.717, 1.165) is 38.5 Å². The Morgan fingerprint density at radius 2 is 0.651 bits per heavy atom. The van der Waals surface area contributed by atoms with Crippen LogP contribution < -0.4 is 5.32 Å². The van der Waals surface area contributed by atoms with Gasteiger partial charge in [-0.25, -0.2) is 0 Å². The summed E-state index contributed by atoms with van der Waals surface area (Å²) in [4.78, 5) is 12.6. The van der Waals surface area contributed by atoms with Crippen molar-refractivity contribution in [2.75, 3.05) is 6.61 Å². The van der Waals surface area contributed by atoms with Gasteiger partial charge >= 0.3 is 0 Å². The third-order valence-electron chi connectivity index (χ3n) is 13.7.